The van der Waals surface area contributed by atoms with Crippen molar-refractivity contribution < 1.29 is 29.0 Å². The fourth-order valence-electron chi connectivity index (χ4n) is 0.824. The fourth-order valence-corrected chi connectivity index (χ4v) is 1.23. The third kappa shape index (κ3) is 13.5. The number of carboxylic acid groups (broad SMARTS) is 1. The van der Waals surface area contributed by atoms with Gasteiger partial charge in [0.1, 0.15) is 0 Å². The third-order valence-electron chi connectivity index (χ3n) is 1.44. The molecular weight excluding hydrogens is 239 g/mol. The highest BCUT2D eigenvalue weighted by molar-refractivity contribution is 7.51. The normalized spacial score (nSPS) is 16.1. The molecule has 96 valence electrons. The molecule has 1 fully saturated rings. The Labute approximate surface area is 93.1 Å². The quantitative estimate of drug-likeness (QED) is 0.380. The average Bonchev–Trinajstić information content (AvgIpc) is 2.18. The van der Waals surface area contributed by atoms with Crippen LogP contribution >= 0.6 is 7.60 Å². The zero-order valence-corrected chi connectivity index (χ0v) is 9.65. The van der Waals surface area contributed by atoms with Gasteiger partial charge in [-0.3, -0.25) is 14.7 Å². The highest BCUT2D eigenvalue weighted by Gasteiger charge is 2.11. The van der Waals surface area contributed by atoms with Crippen LogP contribution in [0.4, 0.5) is 0 Å². The second-order valence-electron chi connectivity index (χ2n) is 3.01. The lowest BCUT2D eigenvalue weighted by atomic mass is 10.5. The molecule has 1 rings (SSSR count). The molecule has 16 heavy (non-hydrogen) atoms. The van der Waals surface area contributed by atoms with Crippen molar-refractivity contribution >= 4 is 13.6 Å². The lowest BCUT2D eigenvalue weighted by molar-refractivity contribution is -0.135. The number of morpholine rings is 1. The van der Waals surface area contributed by atoms with Gasteiger partial charge in [0, 0.05) is 13.1 Å². The summed E-state index contributed by atoms with van der Waals surface area (Å²) in [6.45, 7) is 3.39. The van der Waals surface area contributed by atoms with Gasteiger partial charge in [-0.1, -0.05) is 0 Å². The smallest absolute Gasteiger partial charge is 0.339 e. The number of aliphatic carboxylic acids is 1. The third-order valence-corrected chi connectivity index (χ3v) is 2.08. The molecule has 0 radical (unpaired) electrons. The molecule has 0 bridgehead atoms. The van der Waals surface area contributed by atoms with E-state index in [1.165, 1.54) is 0 Å². The first-order chi connectivity index (χ1) is 7.42. The molecule has 0 unspecified atom stereocenters. The summed E-state index contributed by atoms with van der Waals surface area (Å²) in [6, 6.07) is 0. The molecule has 0 aromatic carbocycles. The molecular formula is C7H17N2O6P. The van der Waals surface area contributed by atoms with Crippen LogP contribution in [0, 0.1) is 0 Å². The summed E-state index contributed by atoms with van der Waals surface area (Å²) < 4.78 is 15.1. The summed E-state index contributed by atoms with van der Waals surface area (Å²) >= 11 is 0. The topological polar surface area (TPSA) is 128 Å². The zero-order valence-electron chi connectivity index (χ0n) is 8.76. The lowest BCUT2D eigenvalue weighted by Gasteiger charge is -2.10. The van der Waals surface area contributed by atoms with Gasteiger partial charge in [0.25, 0.3) is 0 Å². The van der Waals surface area contributed by atoms with E-state index in [4.69, 9.17) is 19.6 Å². The van der Waals surface area contributed by atoms with Crippen LogP contribution in [0.15, 0.2) is 0 Å². The van der Waals surface area contributed by atoms with Gasteiger partial charge < -0.3 is 24.9 Å². The van der Waals surface area contributed by atoms with Crippen molar-refractivity contribution in [3.63, 3.8) is 0 Å². The van der Waals surface area contributed by atoms with E-state index in [2.05, 4.69) is 10.6 Å². The summed E-state index contributed by atoms with van der Waals surface area (Å²) in [4.78, 5) is 26.1. The highest BCUT2D eigenvalue weighted by atomic mass is 31.2. The summed E-state index contributed by atoms with van der Waals surface area (Å²) in [5.41, 5.74) is 0. The zero-order chi connectivity index (χ0) is 12.4. The van der Waals surface area contributed by atoms with Gasteiger partial charge in [0.2, 0.25) is 0 Å². The largest absolute Gasteiger partial charge is 0.480 e. The van der Waals surface area contributed by atoms with E-state index in [1.807, 2.05) is 0 Å². The van der Waals surface area contributed by atoms with Gasteiger partial charge in [-0.25, -0.2) is 0 Å². The number of ether oxygens (including phenoxy) is 1. The second-order valence-corrected chi connectivity index (χ2v) is 4.65. The van der Waals surface area contributed by atoms with Crippen molar-refractivity contribution in [2.75, 3.05) is 39.1 Å². The maximum absolute atomic E-state index is 10.1. The Kier molecular flexibility index (Phi) is 8.36. The fraction of sp³-hybridized carbons (Fsp3) is 0.857. The molecule has 1 aliphatic rings. The predicted octanol–water partition coefficient (Wildman–Crippen LogP) is -1.60. The maximum Gasteiger partial charge on any atom is 0.339 e. The van der Waals surface area contributed by atoms with Gasteiger partial charge in [0.05, 0.1) is 26.0 Å². The summed E-state index contributed by atoms with van der Waals surface area (Å²) in [6.07, 6.45) is -0.598. The minimum Gasteiger partial charge on any atom is -0.480 e. The molecule has 0 aromatic rings. The van der Waals surface area contributed by atoms with Gasteiger partial charge in [-0.05, 0) is 0 Å². The van der Waals surface area contributed by atoms with Crippen molar-refractivity contribution in [1.29, 1.82) is 0 Å². The second kappa shape index (κ2) is 8.63. The van der Waals surface area contributed by atoms with Gasteiger partial charge >= 0.3 is 13.6 Å². The van der Waals surface area contributed by atoms with Crippen LogP contribution in [-0.2, 0) is 14.1 Å². The maximum atomic E-state index is 10.1. The summed E-state index contributed by atoms with van der Waals surface area (Å²) in [7, 11) is -4.10. The van der Waals surface area contributed by atoms with Crippen molar-refractivity contribution in [3.05, 3.63) is 0 Å². The van der Waals surface area contributed by atoms with E-state index in [1.54, 1.807) is 0 Å². The number of carbonyl (C=O) groups is 1. The Morgan fingerprint density at radius 2 is 1.94 bits per heavy atom. The van der Waals surface area contributed by atoms with E-state index in [9.17, 15) is 9.36 Å². The Hall–Kier alpha value is -0.500. The van der Waals surface area contributed by atoms with E-state index in [0.29, 0.717) is 0 Å². The first-order valence-corrected chi connectivity index (χ1v) is 6.47. The molecule has 0 amide bonds. The van der Waals surface area contributed by atoms with Crippen LogP contribution in [0.3, 0.4) is 0 Å². The molecule has 1 aliphatic heterocycles. The van der Waals surface area contributed by atoms with Gasteiger partial charge in [-0.15, -0.1) is 0 Å². The van der Waals surface area contributed by atoms with Crippen LogP contribution in [0.1, 0.15) is 0 Å². The Bertz CT molecular complexity index is 228. The number of rotatable bonds is 4. The molecule has 5 N–H and O–H groups in total. The van der Waals surface area contributed by atoms with Crippen molar-refractivity contribution in [1.82, 2.24) is 10.6 Å². The van der Waals surface area contributed by atoms with Gasteiger partial charge in [0.15, 0.2) is 0 Å². The molecule has 1 heterocycles. The van der Waals surface area contributed by atoms with E-state index in [0.717, 1.165) is 26.3 Å². The van der Waals surface area contributed by atoms with Crippen molar-refractivity contribution in [2.45, 2.75) is 0 Å². The van der Waals surface area contributed by atoms with Crippen LogP contribution in [0.2, 0.25) is 0 Å². The monoisotopic (exact) mass is 256 g/mol. The van der Waals surface area contributed by atoms with Crippen LogP contribution in [0.5, 0.6) is 0 Å². The SMILES string of the molecule is C1COCCN1.O=C(O)CNCP(=O)(O)O. The molecule has 1 saturated heterocycles. The van der Waals surface area contributed by atoms with Crippen molar-refractivity contribution in [2.24, 2.45) is 0 Å². The first-order valence-electron chi connectivity index (χ1n) is 4.67. The lowest BCUT2D eigenvalue weighted by Crippen LogP contribution is -2.30. The predicted molar refractivity (Wildman–Crippen MR) is 56.2 cm³/mol. The molecule has 0 aromatic heterocycles. The number of hydrogen-bond acceptors (Lipinski definition) is 5. The van der Waals surface area contributed by atoms with Crippen LogP contribution < -0.4 is 10.6 Å². The molecule has 0 saturated carbocycles. The number of hydrogen-bond donors (Lipinski definition) is 5. The molecule has 0 aliphatic carbocycles. The molecule has 0 spiro atoms. The number of carboxylic acids is 1. The molecule has 9 heteroatoms. The highest BCUT2D eigenvalue weighted by Crippen LogP contribution is 2.31. The van der Waals surface area contributed by atoms with Crippen LogP contribution in [0.25, 0.3) is 0 Å². The first kappa shape index (κ1) is 15.5. The average molecular weight is 256 g/mol. The van der Waals surface area contributed by atoms with Crippen molar-refractivity contribution in [3.8, 4) is 0 Å². The van der Waals surface area contributed by atoms with E-state index in [-0.39, 0.29) is 0 Å². The van der Waals surface area contributed by atoms with Crippen LogP contribution in [-0.4, -0.2) is 60.0 Å². The Balaban J connectivity index is 0.000000315. The van der Waals surface area contributed by atoms with E-state index < -0.39 is 26.4 Å². The Morgan fingerprint density at radius 1 is 1.38 bits per heavy atom. The summed E-state index contributed by atoms with van der Waals surface area (Å²) in [5.74, 6) is -1.14. The standard InChI is InChI=1S/C4H9NO.C3H8NO5P/c1-3-6-4-2-5-1;5-3(6)1-4-2-10(7,8)9/h5H,1-4H2;4H,1-2H2,(H,5,6)(H2,7,8,9). The minimum atomic E-state index is -4.10. The minimum absolute atomic E-state index is 0.439. The van der Waals surface area contributed by atoms with E-state index >= 15 is 0 Å². The summed E-state index contributed by atoms with van der Waals surface area (Å²) in [5, 5.41) is 13.2. The Morgan fingerprint density at radius 3 is 2.19 bits per heavy atom. The molecule has 8 nitrogen and oxygen atoms in total. The number of nitrogens with one attached hydrogen (secondary N) is 2. The molecule has 0 atom stereocenters. The van der Waals surface area contributed by atoms with Gasteiger partial charge in [-0.2, -0.15) is 0 Å².